The van der Waals surface area contributed by atoms with E-state index in [1.165, 1.54) is 6.92 Å². The van der Waals surface area contributed by atoms with Crippen LogP contribution in [0.3, 0.4) is 0 Å². The van der Waals surface area contributed by atoms with E-state index in [2.05, 4.69) is 6.58 Å². The van der Waals surface area contributed by atoms with Gasteiger partial charge < -0.3 is 14.2 Å². The van der Waals surface area contributed by atoms with Gasteiger partial charge in [0.2, 0.25) is 6.79 Å². The number of ether oxygens (including phenoxy) is 3. The fourth-order valence-electron chi connectivity index (χ4n) is 1.72. The number of rotatable bonds is 4. The van der Waals surface area contributed by atoms with Crippen molar-refractivity contribution in [2.45, 2.75) is 19.4 Å². The van der Waals surface area contributed by atoms with Crippen molar-refractivity contribution >= 4 is 5.97 Å². The molecule has 0 aliphatic carbocycles. The molecule has 0 bridgehead atoms. The normalized spacial score (nSPS) is 14.2. The summed E-state index contributed by atoms with van der Waals surface area (Å²) in [5, 5.41) is 0. The summed E-state index contributed by atoms with van der Waals surface area (Å²) < 4.78 is 15.7. The first-order chi connectivity index (χ1) is 8.20. The predicted octanol–water partition coefficient (Wildman–Crippen LogP) is 2.60. The Hall–Kier alpha value is -1.97. The van der Waals surface area contributed by atoms with E-state index >= 15 is 0 Å². The van der Waals surface area contributed by atoms with Crippen LogP contribution in [-0.2, 0) is 9.53 Å². The molecule has 1 aliphatic heterocycles. The lowest BCUT2D eigenvalue weighted by Crippen LogP contribution is -2.07. The molecule has 0 saturated carbocycles. The van der Waals surface area contributed by atoms with Crippen LogP contribution in [0.5, 0.6) is 11.5 Å². The summed E-state index contributed by atoms with van der Waals surface area (Å²) >= 11 is 0. The summed E-state index contributed by atoms with van der Waals surface area (Å²) in [4.78, 5) is 11.0. The monoisotopic (exact) mass is 234 g/mol. The highest BCUT2D eigenvalue weighted by molar-refractivity contribution is 5.66. The molecule has 0 amide bonds. The van der Waals surface area contributed by atoms with Crippen LogP contribution >= 0.6 is 0 Å². The Balaban J connectivity index is 2.23. The lowest BCUT2D eigenvalue weighted by Gasteiger charge is -2.15. The minimum absolute atomic E-state index is 0.235. The topological polar surface area (TPSA) is 44.8 Å². The van der Waals surface area contributed by atoms with E-state index in [1.807, 2.05) is 18.2 Å². The van der Waals surface area contributed by atoms with Gasteiger partial charge in [0, 0.05) is 13.3 Å². The first-order valence-electron chi connectivity index (χ1n) is 5.38. The summed E-state index contributed by atoms with van der Waals surface area (Å²) in [5.41, 5.74) is 0.879. The molecule has 0 fully saturated rings. The zero-order chi connectivity index (χ0) is 12.3. The molecule has 4 nitrogen and oxygen atoms in total. The van der Waals surface area contributed by atoms with Gasteiger partial charge >= 0.3 is 5.97 Å². The number of hydrogen-bond donors (Lipinski definition) is 0. The number of carbonyl (C=O) groups is 1. The number of esters is 1. The predicted molar refractivity (Wildman–Crippen MR) is 61.9 cm³/mol. The molecule has 0 unspecified atom stereocenters. The first-order valence-corrected chi connectivity index (χ1v) is 5.38. The van der Waals surface area contributed by atoms with Crippen LogP contribution in [-0.4, -0.2) is 12.8 Å². The van der Waals surface area contributed by atoms with Crippen LogP contribution in [0.4, 0.5) is 0 Å². The molecule has 2 rings (SSSR count). The van der Waals surface area contributed by atoms with Crippen LogP contribution in [0.1, 0.15) is 25.0 Å². The lowest BCUT2D eigenvalue weighted by atomic mass is 10.1. The second-order valence-electron chi connectivity index (χ2n) is 3.74. The molecule has 17 heavy (non-hydrogen) atoms. The van der Waals surface area contributed by atoms with E-state index in [0.717, 1.165) is 5.56 Å². The summed E-state index contributed by atoms with van der Waals surface area (Å²) in [6, 6.07) is 5.52. The fourth-order valence-corrected chi connectivity index (χ4v) is 1.72. The zero-order valence-corrected chi connectivity index (χ0v) is 9.64. The second-order valence-corrected chi connectivity index (χ2v) is 3.74. The minimum Gasteiger partial charge on any atom is -0.457 e. The molecule has 90 valence electrons. The smallest absolute Gasteiger partial charge is 0.303 e. The Kier molecular flexibility index (Phi) is 3.32. The van der Waals surface area contributed by atoms with Crippen LogP contribution in [0, 0.1) is 0 Å². The summed E-state index contributed by atoms with van der Waals surface area (Å²) in [6.07, 6.45) is 1.97. The Morgan fingerprint density at radius 2 is 2.29 bits per heavy atom. The molecule has 1 aromatic rings. The van der Waals surface area contributed by atoms with Gasteiger partial charge in [-0.25, -0.2) is 0 Å². The molecule has 1 aromatic carbocycles. The molecule has 4 heteroatoms. The van der Waals surface area contributed by atoms with Crippen molar-refractivity contribution in [3.8, 4) is 11.5 Å². The molecule has 0 spiro atoms. The molecule has 0 N–H and O–H groups in total. The van der Waals surface area contributed by atoms with Crippen LogP contribution < -0.4 is 9.47 Å². The molecule has 0 radical (unpaired) electrons. The molecule has 0 aromatic heterocycles. The third kappa shape index (κ3) is 2.58. The van der Waals surface area contributed by atoms with Gasteiger partial charge in [-0.1, -0.05) is 12.1 Å². The van der Waals surface area contributed by atoms with E-state index < -0.39 is 0 Å². The van der Waals surface area contributed by atoms with Gasteiger partial charge in [-0.15, -0.1) is 6.58 Å². The third-order valence-corrected chi connectivity index (χ3v) is 2.46. The number of carbonyl (C=O) groups excluding carboxylic acids is 1. The maximum atomic E-state index is 11.0. The fraction of sp³-hybridized carbons (Fsp3) is 0.308. The highest BCUT2D eigenvalue weighted by Crippen LogP contribution is 2.35. The minimum atomic E-state index is -0.320. The highest BCUT2D eigenvalue weighted by Gasteiger charge is 2.18. The van der Waals surface area contributed by atoms with E-state index in [4.69, 9.17) is 14.2 Å². The quantitative estimate of drug-likeness (QED) is 0.593. The Bertz CT molecular complexity index is 439. The molecular formula is C13H14O4. The molecule has 1 aliphatic rings. The van der Waals surface area contributed by atoms with E-state index in [-0.39, 0.29) is 18.9 Å². The largest absolute Gasteiger partial charge is 0.457 e. The Morgan fingerprint density at radius 3 is 3.00 bits per heavy atom. The van der Waals surface area contributed by atoms with Crippen molar-refractivity contribution in [2.24, 2.45) is 0 Å². The highest BCUT2D eigenvalue weighted by atomic mass is 16.7. The summed E-state index contributed by atoms with van der Waals surface area (Å²) in [7, 11) is 0. The maximum absolute atomic E-state index is 11.0. The number of benzene rings is 1. The Labute approximate surface area is 99.8 Å². The average molecular weight is 234 g/mol. The number of fused-ring (bicyclic) bond motifs is 1. The van der Waals surface area contributed by atoms with Gasteiger partial charge in [0.15, 0.2) is 11.5 Å². The molecule has 0 saturated heterocycles. The summed E-state index contributed by atoms with van der Waals surface area (Å²) in [5.74, 6) is 1.09. The van der Waals surface area contributed by atoms with Crippen LogP contribution in [0.25, 0.3) is 0 Å². The van der Waals surface area contributed by atoms with Crippen molar-refractivity contribution in [1.29, 1.82) is 0 Å². The zero-order valence-electron chi connectivity index (χ0n) is 9.64. The van der Waals surface area contributed by atoms with E-state index in [0.29, 0.717) is 17.9 Å². The van der Waals surface area contributed by atoms with Crippen molar-refractivity contribution in [3.63, 3.8) is 0 Å². The van der Waals surface area contributed by atoms with Crippen LogP contribution in [0.15, 0.2) is 30.9 Å². The van der Waals surface area contributed by atoms with Gasteiger partial charge in [0.1, 0.15) is 6.10 Å². The molecule has 1 atom stereocenters. The molecule has 1 heterocycles. The maximum Gasteiger partial charge on any atom is 0.303 e. The summed E-state index contributed by atoms with van der Waals surface area (Å²) in [6.45, 7) is 5.29. The van der Waals surface area contributed by atoms with E-state index in [9.17, 15) is 4.79 Å². The first kappa shape index (κ1) is 11.5. The number of hydrogen-bond acceptors (Lipinski definition) is 4. The van der Waals surface area contributed by atoms with Crippen LogP contribution in [0.2, 0.25) is 0 Å². The van der Waals surface area contributed by atoms with Crippen molar-refractivity contribution < 1.29 is 19.0 Å². The van der Waals surface area contributed by atoms with Gasteiger partial charge in [0.05, 0.1) is 0 Å². The third-order valence-electron chi connectivity index (χ3n) is 2.46. The Morgan fingerprint density at radius 1 is 1.53 bits per heavy atom. The standard InChI is InChI=1S/C13H14O4/c1-3-4-11(17-9(2)14)10-5-6-12-13(7-10)16-8-15-12/h3,5-7,11H,1,4,8H2,2H3/t11-/m0/s1. The lowest BCUT2D eigenvalue weighted by molar-refractivity contribution is -0.146. The van der Waals surface area contributed by atoms with Crippen molar-refractivity contribution in [1.82, 2.24) is 0 Å². The van der Waals surface area contributed by atoms with Gasteiger partial charge in [-0.2, -0.15) is 0 Å². The van der Waals surface area contributed by atoms with Crippen molar-refractivity contribution in [3.05, 3.63) is 36.4 Å². The van der Waals surface area contributed by atoms with Crippen molar-refractivity contribution in [2.75, 3.05) is 6.79 Å². The van der Waals surface area contributed by atoms with Gasteiger partial charge in [0.25, 0.3) is 0 Å². The van der Waals surface area contributed by atoms with Gasteiger partial charge in [-0.05, 0) is 17.7 Å². The SMILES string of the molecule is C=CC[C@H](OC(C)=O)c1ccc2c(c1)OCO2. The second kappa shape index (κ2) is 4.91. The average Bonchev–Trinajstić information content (AvgIpc) is 2.74. The molecular weight excluding hydrogens is 220 g/mol. The van der Waals surface area contributed by atoms with Gasteiger partial charge in [-0.3, -0.25) is 4.79 Å². The van der Waals surface area contributed by atoms with E-state index in [1.54, 1.807) is 6.08 Å².